The summed E-state index contributed by atoms with van der Waals surface area (Å²) < 4.78 is 36.0. The van der Waals surface area contributed by atoms with Gasteiger partial charge in [-0.25, -0.2) is 12.8 Å². The molecular weight excluding hydrogens is 253 g/mol. The van der Waals surface area contributed by atoms with Crippen LogP contribution in [0.5, 0.6) is 0 Å². The van der Waals surface area contributed by atoms with Crippen molar-refractivity contribution in [1.82, 2.24) is 0 Å². The third kappa shape index (κ3) is 6.00. The summed E-state index contributed by atoms with van der Waals surface area (Å²) in [4.78, 5) is 0. The Kier molecular flexibility index (Phi) is 5.59. The van der Waals surface area contributed by atoms with Crippen molar-refractivity contribution in [2.24, 2.45) is 5.92 Å². The van der Waals surface area contributed by atoms with Crippen molar-refractivity contribution in [1.29, 1.82) is 0 Å². The first-order valence-corrected chi connectivity index (χ1v) is 7.91. The lowest BCUT2D eigenvalue weighted by Crippen LogP contribution is -2.19. The van der Waals surface area contributed by atoms with Crippen LogP contribution in [0.3, 0.4) is 0 Å². The lowest BCUT2D eigenvalue weighted by molar-refractivity contribution is 0.574. The van der Waals surface area contributed by atoms with Gasteiger partial charge in [0.25, 0.3) is 0 Å². The fourth-order valence-corrected chi connectivity index (χ4v) is 2.88. The number of sulfone groups is 1. The van der Waals surface area contributed by atoms with Gasteiger partial charge in [-0.3, -0.25) is 0 Å². The van der Waals surface area contributed by atoms with Gasteiger partial charge in [-0.1, -0.05) is 13.8 Å². The van der Waals surface area contributed by atoms with E-state index in [1.54, 1.807) is 12.1 Å². The van der Waals surface area contributed by atoms with Crippen LogP contribution in [0.4, 0.5) is 10.1 Å². The van der Waals surface area contributed by atoms with Crippen molar-refractivity contribution >= 4 is 15.5 Å². The molecule has 0 atom stereocenters. The zero-order chi connectivity index (χ0) is 13.6. The van der Waals surface area contributed by atoms with Crippen LogP contribution in [-0.2, 0) is 9.84 Å². The van der Waals surface area contributed by atoms with Crippen LogP contribution >= 0.6 is 0 Å². The van der Waals surface area contributed by atoms with Crippen LogP contribution < -0.4 is 5.32 Å². The summed E-state index contributed by atoms with van der Waals surface area (Å²) in [5.41, 5.74) is 0.732. The molecule has 0 saturated heterocycles. The van der Waals surface area contributed by atoms with Crippen molar-refractivity contribution in [3.05, 3.63) is 30.1 Å². The Morgan fingerprint density at radius 3 is 2.33 bits per heavy atom. The summed E-state index contributed by atoms with van der Waals surface area (Å²) in [5.74, 6) is 0.433. The Bertz CT molecular complexity index is 454. The van der Waals surface area contributed by atoms with Gasteiger partial charge in [0, 0.05) is 12.2 Å². The predicted molar refractivity (Wildman–Crippen MR) is 73.0 cm³/mol. The van der Waals surface area contributed by atoms with E-state index in [4.69, 9.17) is 0 Å². The molecule has 5 heteroatoms. The van der Waals surface area contributed by atoms with Crippen molar-refractivity contribution in [2.45, 2.75) is 20.3 Å². The van der Waals surface area contributed by atoms with Crippen molar-refractivity contribution in [3.63, 3.8) is 0 Å². The molecule has 0 amide bonds. The van der Waals surface area contributed by atoms with E-state index in [0.29, 0.717) is 18.9 Å². The second kappa shape index (κ2) is 6.73. The van der Waals surface area contributed by atoms with Gasteiger partial charge in [0.2, 0.25) is 0 Å². The van der Waals surface area contributed by atoms with E-state index < -0.39 is 9.84 Å². The summed E-state index contributed by atoms with van der Waals surface area (Å²) in [7, 11) is -2.99. The summed E-state index contributed by atoms with van der Waals surface area (Å²) in [5, 5.41) is 2.97. The second-order valence-electron chi connectivity index (χ2n) is 4.77. The molecule has 0 saturated carbocycles. The van der Waals surface area contributed by atoms with E-state index in [9.17, 15) is 12.8 Å². The zero-order valence-corrected chi connectivity index (χ0v) is 11.6. The molecule has 0 heterocycles. The molecule has 102 valence electrons. The molecule has 0 aliphatic carbocycles. The van der Waals surface area contributed by atoms with Crippen LogP contribution in [0.1, 0.15) is 20.3 Å². The molecule has 1 aromatic carbocycles. The second-order valence-corrected chi connectivity index (χ2v) is 7.07. The Morgan fingerprint density at radius 1 is 1.17 bits per heavy atom. The lowest BCUT2D eigenvalue weighted by atomic mass is 10.2. The SMILES string of the molecule is CC(C)CCS(=O)(=O)CCNc1ccc(F)cc1. The molecule has 0 fully saturated rings. The third-order valence-electron chi connectivity index (χ3n) is 2.59. The predicted octanol–water partition coefficient (Wildman–Crippen LogP) is 2.70. The zero-order valence-electron chi connectivity index (χ0n) is 10.8. The highest BCUT2D eigenvalue weighted by Crippen LogP contribution is 2.08. The summed E-state index contributed by atoms with van der Waals surface area (Å²) in [6.07, 6.45) is 0.693. The lowest BCUT2D eigenvalue weighted by Gasteiger charge is -2.08. The molecule has 0 radical (unpaired) electrons. The number of benzene rings is 1. The van der Waals surface area contributed by atoms with Crippen molar-refractivity contribution in [3.8, 4) is 0 Å². The minimum Gasteiger partial charge on any atom is -0.384 e. The number of halogens is 1. The first-order valence-electron chi connectivity index (χ1n) is 6.09. The number of nitrogens with one attached hydrogen (secondary N) is 1. The minimum absolute atomic E-state index is 0.108. The third-order valence-corrected chi connectivity index (χ3v) is 4.28. The van der Waals surface area contributed by atoms with Gasteiger partial charge in [0.15, 0.2) is 9.84 Å². The quantitative estimate of drug-likeness (QED) is 0.831. The first kappa shape index (κ1) is 15.0. The number of anilines is 1. The molecule has 0 aromatic heterocycles. The fraction of sp³-hybridized carbons (Fsp3) is 0.538. The largest absolute Gasteiger partial charge is 0.384 e. The molecule has 0 bridgehead atoms. The Hall–Kier alpha value is -1.10. The smallest absolute Gasteiger partial charge is 0.152 e. The topological polar surface area (TPSA) is 46.2 Å². The maximum Gasteiger partial charge on any atom is 0.152 e. The standard InChI is InChI=1S/C13H20FNO2S/c1-11(2)7-9-18(16,17)10-8-15-13-5-3-12(14)4-6-13/h3-6,11,15H,7-10H2,1-2H3. The van der Waals surface area contributed by atoms with E-state index in [2.05, 4.69) is 5.32 Å². The molecule has 18 heavy (non-hydrogen) atoms. The van der Waals surface area contributed by atoms with Gasteiger partial charge < -0.3 is 5.32 Å². The van der Waals surface area contributed by atoms with Gasteiger partial charge in [0.05, 0.1) is 11.5 Å². The molecular formula is C13H20FNO2S. The van der Waals surface area contributed by atoms with Crippen LogP contribution in [0.15, 0.2) is 24.3 Å². The average molecular weight is 273 g/mol. The van der Waals surface area contributed by atoms with Crippen molar-refractivity contribution < 1.29 is 12.8 Å². The Morgan fingerprint density at radius 2 is 1.78 bits per heavy atom. The average Bonchev–Trinajstić information content (AvgIpc) is 2.29. The van der Waals surface area contributed by atoms with Crippen LogP contribution in [0.2, 0.25) is 0 Å². The van der Waals surface area contributed by atoms with E-state index in [-0.39, 0.29) is 17.3 Å². The maximum atomic E-state index is 12.7. The first-order chi connectivity index (χ1) is 8.39. The molecule has 0 aliphatic heterocycles. The van der Waals surface area contributed by atoms with Crippen LogP contribution in [-0.4, -0.2) is 26.5 Å². The molecule has 0 aliphatic rings. The Balaban J connectivity index is 2.34. The van der Waals surface area contributed by atoms with Gasteiger partial charge >= 0.3 is 0 Å². The van der Waals surface area contributed by atoms with E-state index in [1.807, 2.05) is 13.8 Å². The molecule has 1 aromatic rings. The van der Waals surface area contributed by atoms with E-state index >= 15 is 0 Å². The molecule has 0 unspecified atom stereocenters. The monoisotopic (exact) mass is 273 g/mol. The highest BCUT2D eigenvalue weighted by atomic mass is 32.2. The summed E-state index contributed by atoms with van der Waals surface area (Å²) >= 11 is 0. The highest BCUT2D eigenvalue weighted by Gasteiger charge is 2.11. The van der Waals surface area contributed by atoms with Crippen LogP contribution in [0, 0.1) is 11.7 Å². The minimum atomic E-state index is -2.99. The highest BCUT2D eigenvalue weighted by molar-refractivity contribution is 7.91. The molecule has 1 N–H and O–H groups in total. The van der Waals surface area contributed by atoms with Gasteiger partial charge in [-0.05, 0) is 36.6 Å². The number of rotatable bonds is 7. The van der Waals surface area contributed by atoms with Crippen molar-refractivity contribution in [2.75, 3.05) is 23.4 Å². The van der Waals surface area contributed by atoms with E-state index in [0.717, 1.165) is 5.69 Å². The van der Waals surface area contributed by atoms with Gasteiger partial charge in [0.1, 0.15) is 5.82 Å². The summed E-state index contributed by atoms with van der Waals surface area (Å²) in [6, 6.07) is 5.87. The van der Waals surface area contributed by atoms with E-state index in [1.165, 1.54) is 12.1 Å². The molecule has 0 spiro atoms. The van der Waals surface area contributed by atoms with Gasteiger partial charge in [-0.2, -0.15) is 0 Å². The maximum absolute atomic E-state index is 12.7. The molecule has 3 nitrogen and oxygen atoms in total. The summed E-state index contributed by atoms with van der Waals surface area (Å²) in [6.45, 7) is 4.37. The van der Waals surface area contributed by atoms with Crippen LogP contribution in [0.25, 0.3) is 0 Å². The fourth-order valence-electron chi connectivity index (χ4n) is 1.44. The molecule has 1 rings (SSSR count). The Labute approximate surface area is 108 Å². The van der Waals surface area contributed by atoms with Gasteiger partial charge in [-0.15, -0.1) is 0 Å². The number of hydrogen-bond donors (Lipinski definition) is 1. The number of hydrogen-bond acceptors (Lipinski definition) is 3. The normalized spacial score (nSPS) is 11.8.